The van der Waals surface area contributed by atoms with Crippen LogP contribution in [0.15, 0.2) is 48.5 Å². The average Bonchev–Trinajstić information content (AvgIpc) is 3.36. The zero-order valence-electron chi connectivity index (χ0n) is 14.3. The predicted molar refractivity (Wildman–Crippen MR) is 94.4 cm³/mol. The van der Waals surface area contributed by atoms with Crippen LogP contribution in [0.3, 0.4) is 0 Å². The van der Waals surface area contributed by atoms with Crippen LogP contribution in [0.1, 0.15) is 24.0 Å². The second-order valence-electron chi connectivity index (χ2n) is 6.62. The van der Waals surface area contributed by atoms with Gasteiger partial charge in [0.05, 0.1) is 0 Å². The number of fused-ring (bicyclic) bond motifs is 1. The summed E-state index contributed by atoms with van der Waals surface area (Å²) < 4.78 is 10.6. The molecule has 1 aliphatic heterocycles. The highest BCUT2D eigenvalue weighted by Gasteiger charge is 2.56. The van der Waals surface area contributed by atoms with Gasteiger partial charge in [-0.05, 0) is 36.1 Å². The van der Waals surface area contributed by atoms with E-state index in [1.807, 2.05) is 48.5 Å². The third-order valence-electron chi connectivity index (χ3n) is 4.81. The number of carbonyl (C=O) groups excluding carboxylic acids is 2. The monoisotopic (exact) mass is 352 g/mol. The molecule has 0 spiro atoms. The van der Waals surface area contributed by atoms with E-state index in [0.717, 1.165) is 11.1 Å². The Morgan fingerprint density at radius 2 is 1.50 bits per heavy atom. The number of benzene rings is 2. The van der Waals surface area contributed by atoms with Crippen molar-refractivity contribution >= 4 is 11.8 Å². The Kier molecular flexibility index (Phi) is 4.24. The smallest absolute Gasteiger partial charge is 0.235 e. The Balaban J connectivity index is 1.33. The summed E-state index contributed by atoms with van der Waals surface area (Å²) in [6, 6.07) is 15.2. The quantitative estimate of drug-likeness (QED) is 0.781. The molecule has 2 N–H and O–H groups in total. The molecule has 0 radical (unpaired) electrons. The molecule has 26 heavy (non-hydrogen) atoms. The number of nitrogens with one attached hydrogen (secondary N) is 2. The molecule has 2 amide bonds. The first kappa shape index (κ1) is 16.4. The van der Waals surface area contributed by atoms with Gasteiger partial charge in [0.1, 0.15) is 5.41 Å². The fourth-order valence-electron chi connectivity index (χ4n) is 3.03. The summed E-state index contributed by atoms with van der Waals surface area (Å²) in [6.07, 6.45) is 1.17. The van der Waals surface area contributed by atoms with Crippen molar-refractivity contribution in [1.29, 1.82) is 0 Å². The molecule has 0 aromatic heterocycles. The van der Waals surface area contributed by atoms with Crippen molar-refractivity contribution in [2.24, 2.45) is 5.41 Å². The Morgan fingerprint density at radius 3 is 2.19 bits per heavy atom. The number of ether oxygens (including phenoxy) is 2. The van der Waals surface area contributed by atoms with Crippen LogP contribution >= 0.6 is 0 Å². The van der Waals surface area contributed by atoms with Crippen molar-refractivity contribution in [3.8, 4) is 11.5 Å². The highest BCUT2D eigenvalue weighted by atomic mass is 16.7. The third kappa shape index (κ3) is 3.22. The molecule has 4 rings (SSSR count). The predicted octanol–water partition coefficient (Wildman–Crippen LogP) is 2.13. The number of hydrogen-bond donors (Lipinski definition) is 2. The average molecular weight is 352 g/mol. The Morgan fingerprint density at radius 1 is 0.846 bits per heavy atom. The minimum atomic E-state index is -0.925. The number of carbonyl (C=O) groups is 2. The van der Waals surface area contributed by atoms with E-state index in [0.29, 0.717) is 37.4 Å². The van der Waals surface area contributed by atoms with E-state index < -0.39 is 5.41 Å². The molecule has 0 saturated heterocycles. The van der Waals surface area contributed by atoms with Crippen LogP contribution in [0.25, 0.3) is 0 Å². The van der Waals surface area contributed by atoms with Crippen molar-refractivity contribution in [2.75, 3.05) is 6.79 Å². The van der Waals surface area contributed by atoms with Gasteiger partial charge in [-0.25, -0.2) is 0 Å². The maximum Gasteiger partial charge on any atom is 0.235 e. The molecule has 0 bridgehead atoms. The molecule has 134 valence electrons. The first-order valence-electron chi connectivity index (χ1n) is 8.66. The van der Waals surface area contributed by atoms with Gasteiger partial charge in [0.25, 0.3) is 0 Å². The molecule has 2 aromatic rings. The molecule has 0 atom stereocenters. The zero-order valence-corrected chi connectivity index (χ0v) is 14.3. The van der Waals surface area contributed by atoms with Crippen LogP contribution < -0.4 is 20.1 Å². The van der Waals surface area contributed by atoms with E-state index >= 15 is 0 Å². The summed E-state index contributed by atoms with van der Waals surface area (Å²) in [5.41, 5.74) is 0.992. The molecule has 1 aliphatic carbocycles. The highest BCUT2D eigenvalue weighted by molar-refractivity contribution is 6.07. The van der Waals surface area contributed by atoms with Crippen molar-refractivity contribution in [3.63, 3.8) is 0 Å². The van der Waals surface area contributed by atoms with Gasteiger partial charge in [0.15, 0.2) is 11.5 Å². The summed E-state index contributed by atoms with van der Waals surface area (Å²) in [5.74, 6) is 0.961. The Labute approximate surface area is 151 Å². The van der Waals surface area contributed by atoms with Gasteiger partial charge in [0.2, 0.25) is 18.6 Å². The number of rotatable bonds is 6. The second-order valence-corrected chi connectivity index (χ2v) is 6.62. The van der Waals surface area contributed by atoms with Crippen molar-refractivity contribution in [1.82, 2.24) is 10.6 Å². The molecule has 1 heterocycles. The first-order chi connectivity index (χ1) is 12.7. The standard InChI is InChI=1S/C20H20N2O4/c23-18(21-11-14-4-2-1-3-5-14)20(8-9-20)19(24)22-12-15-6-7-16-17(10-15)26-13-25-16/h1-7,10H,8-9,11-13H2,(H,21,23)(H,22,24). The lowest BCUT2D eigenvalue weighted by molar-refractivity contribution is -0.137. The largest absolute Gasteiger partial charge is 0.454 e. The van der Waals surface area contributed by atoms with E-state index in [-0.39, 0.29) is 18.6 Å². The Bertz CT molecular complexity index is 831. The fourth-order valence-corrected chi connectivity index (χ4v) is 3.03. The molecule has 1 fully saturated rings. The maximum absolute atomic E-state index is 12.6. The van der Waals surface area contributed by atoms with Crippen LogP contribution in [-0.2, 0) is 22.7 Å². The van der Waals surface area contributed by atoms with E-state index in [1.165, 1.54) is 0 Å². The molecule has 2 aliphatic rings. The second kappa shape index (κ2) is 6.71. The molecule has 2 aromatic carbocycles. The van der Waals surface area contributed by atoms with Gasteiger partial charge in [-0.15, -0.1) is 0 Å². The lowest BCUT2D eigenvalue weighted by atomic mass is 10.0. The van der Waals surface area contributed by atoms with E-state index in [9.17, 15) is 9.59 Å². The molecular weight excluding hydrogens is 332 g/mol. The Hall–Kier alpha value is -3.02. The van der Waals surface area contributed by atoms with E-state index in [4.69, 9.17) is 9.47 Å². The minimum absolute atomic E-state index is 0.204. The lowest BCUT2D eigenvalue weighted by Crippen LogP contribution is -2.42. The lowest BCUT2D eigenvalue weighted by Gasteiger charge is -2.15. The van der Waals surface area contributed by atoms with Crippen molar-refractivity contribution in [3.05, 3.63) is 59.7 Å². The van der Waals surface area contributed by atoms with Crippen molar-refractivity contribution < 1.29 is 19.1 Å². The van der Waals surface area contributed by atoms with Crippen LogP contribution in [0.2, 0.25) is 0 Å². The SMILES string of the molecule is O=C(NCc1ccccc1)C1(C(=O)NCc2ccc3c(c2)OCO3)CC1. The summed E-state index contributed by atoms with van der Waals surface area (Å²) in [5, 5.41) is 5.75. The van der Waals surface area contributed by atoms with E-state index in [2.05, 4.69) is 10.6 Å². The van der Waals surface area contributed by atoms with Gasteiger partial charge in [0, 0.05) is 13.1 Å². The molecular formula is C20H20N2O4. The van der Waals surface area contributed by atoms with Crippen LogP contribution in [-0.4, -0.2) is 18.6 Å². The topological polar surface area (TPSA) is 76.7 Å². The third-order valence-corrected chi connectivity index (χ3v) is 4.81. The fraction of sp³-hybridized carbons (Fsp3) is 0.300. The first-order valence-corrected chi connectivity index (χ1v) is 8.66. The van der Waals surface area contributed by atoms with Crippen LogP contribution in [0, 0.1) is 5.41 Å². The van der Waals surface area contributed by atoms with Gasteiger partial charge < -0.3 is 20.1 Å². The maximum atomic E-state index is 12.6. The zero-order chi connectivity index (χ0) is 18.0. The number of hydrogen-bond acceptors (Lipinski definition) is 4. The van der Waals surface area contributed by atoms with Crippen LogP contribution in [0.5, 0.6) is 11.5 Å². The summed E-state index contributed by atoms with van der Waals surface area (Å²) in [6.45, 7) is 0.996. The summed E-state index contributed by atoms with van der Waals surface area (Å²) in [7, 11) is 0. The molecule has 0 unspecified atom stereocenters. The molecule has 6 heteroatoms. The number of amides is 2. The van der Waals surface area contributed by atoms with Crippen molar-refractivity contribution in [2.45, 2.75) is 25.9 Å². The van der Waals surface area contributed by atoms with Gasteiger partial charge >= 0.3 is 0 Å². The highest BCUT2D eigenvalue weighted by Crippen LogP contribution is 2.46. The van der Waals surface area contributed by atoms with E-state index in [1.54, 1.807) is 0 Å². The minimum Gasteiger partial charge on any atom is -0.454 e. The van der Waals surface area contributed by atoms with Gasteiger partial charge in [-0.3, -0.25) is 9.59 Å². The van der Waals surface area contributed by atoms with Crippen LogP contribution in [0.4, 0.5) is 0 Å². The summed E-state index contributed by atoms with van der Waals surface area (Å²) in [4.78, 5) is 25.1. The summed E-state index contributed by atoms with van der Waals surface area (Å²) >= 11 is 0. The normalized spacial score (nSPS) is 16.0. The molecule has 6 nitrogen and oxygen atoms in total. The van der Waals surface area contributed by atoms with Gasteiger partial charge in [-0.2, -0.15) is 0 Å². The van der Waals surface area contributed by atoms with Gasteiger partial charge in [-0.1, -0.05) is 36.4 Å². The molecule has 1 saturated carbocycles.